The van der Waals surface area contributed by atoms with E-state index >= 15 is 0 Å². The molecule has 9 heteroatoms. The zero-order chi connectivity index (χ0) is 29.9. The first-order valence-electron chi connectivity index (χ1n) is 15.6. The van der Waals surface area contributed by atoms with Gasteiger partial charge in [0.05, 0.1) is 5.92 Å². The van der Waals surface area contributed by atoms with E-state index in [-0.39, 0.29) is 35.6 Å². The number of carbonyl (C=O) groups is 4. The molecule has 2 aromatic rings. The van der Waals surface area contributed by atoms with E-state index < -0.39 is 30.0 Å². The molecular formula is C33H43N5O4. The zero-order valence-corrected chi connectivity index (χ0v) is 25.4. The van der Waals surface area contributed by atoms with Crippen molar-refractivity contribution in [1.82, 2.24) is 25.0 Å². The number of fused-ring (bicyclic) bond motifs is 3. The van der Waals surface area contributed by atoms with Gasteiger partial charge in [-0.25, -0.2) is 0 Å². The van der Waals surface area contributed by atoms with E-state index in [0.717, 1.165) is 29.5 Å². The maximum absolute atomic E-state index is 14.3. The van der Waals surface area contributed by atoms with Crippen LogP contribution in [0.1, 0.15) is 64.5 Å². The predicted molar refractivity (Wildman–Crippen MR) is 161 cm³/mol. The highest BCUT2D eigenvalue weighted by molar-refractivity contribution is 6.09. The molecule has 2 saturated heterocycles. The summed E-state index contributed by atoms with van der Waals surface area (Å²) in [5.74, 6) is -1.97. The minimum Gasteiger partial charge on any atom is -0.361 e. The first kappa shape index (κ1) is 28.6. The number of hydrogen-bond donors (Lipinski definition) is 2. The van der Waals surface area contributed by atoms with E-state index in [1.54, 1.807) is 4.90 Å². The number of aromatic nitrogens is 1. The molecule has 0 bridgehead atoms. The Hall–Kier alpha value is -3.46. The molecule has 4 aliphatic rings. The van der Waals surface area contributed by atoms with E-state index in [1.165, 1.54) is 15.8 Å². The van der Waals surface area contributed by atoms with Crippen molar-refractivity contribution >= 4 is 40.1 Å². The van der Waals surface area contributed by atoms with Crippen LogP contribution in [0.5, 0.6) is 0 Å². The molecule has 0 radical (unpaired) electrons. The van der Waals surface area contributed by atoms with Gasteiger partial charge < -0.3 is 15.2 Å². The lowest BCUT2D eigenvalue weighted by atomic mass is 9.79. The minimum atomic E-state index is -0.897. The van der Waals surface area contributed by atoms with E-state index in [0.29, 0.717) is 32.4 Å². The molecule has 224 valence electrons. The van der Waals surface area contributed by atoms with Crippen LogP contribution in [0.2, 0.25) is 0 Å². The Morgan fingerprint density at radius 3 is 2.62 bits per heavy atom. The molecule has 1 aliphatic carbocycles. The highest BCUT2D eigenvalue weighted by Crippen LogP contribution is 2.41. The molecule has 1 unspecified atom stereocenters. The first-order chi connectivity index (χ1) is 20.2. The van der Waals surface area contributed by atoms with E-state index in [1.807, 2.05) is 33.8 Å². The Morgan fingerprint density at radius 2 is 1.88 bits per heavy atom. The van der Waals surface area contributed by atoms with Gasteiger partial charge in [0, 0.05) is 36.2 Å². The van der Waals surface area contributed by atoms with Crippen LogP contribution in [-0.2, 0) is 25.6 Å². The summed E-state index contributed by atoms with van der Waals surface area (Å²) in [6.45, 7) is 8.88. The molecular weight excluding hydrogens is 530 g/mol. The van der Waals surface area contributed by atoms with Crippen molar-refractivity contribution < 1.29 is 19.2 Å². The van der Waals surface area contributed by atoms with Crippen molar-refractivity contribution in [2.75, 3.05) is 20.1 Å². The fraction of sp³-hybridized carbons (Fsp3) is 0.576. The molecule has 3 aliphatic heterocycles. The number of imide groups is 1. The maximum Gasteiger partial charge on any atom is 0.252 e. The molecule has 4 amide bonds. The van der Waals surface area contributed by atoms with Crippen LogP contribution in [0, 0.1) is 17.8 Å². The molecule has 7 atom stereocenters. The summed E-state index contributed by atoms with van der Waals surface area (Å²) >= 11 is 0. The van der Waals surface area contributed by atoms with Gasteiger partial charge in [-0.1, -0.05) is 58.7 Å². The number of nitrogens with one attached hydrogen (secondary N) is 2. The van der Waals surface area contributed by atoms with Crippen LogP contribution in [0.3, 0.4) is 0 Å². The third kappa shape index (κ3) is 4.48. The minimum absolute atomic E-state index is 0.144. The summed E-state index contributed by atoms with van der Waals surface area (Å²) in [7, 11) is 2.05. The number of benzene rings is 1. The number of amides is 4. The highest BCUT2D eigenvalue weighted by Gasteiger charge is 2.53. The van der Waals surface area contributed by atoms with Gasteiger partial charge in [-0.2, -0.15) is 0 Å². The average Bonchev–Trinajstić information content (AvgIpc) is 3.66. The topological polar surface area (TPSA) is 106 Å². The molecule has 0 spiro atoms. The van der Waals surface area contributed by atoms with Crippen LogP contribution in [-0.4, -0.2) is 87.6 Å². The van der Waals surface area contributed by atoms with Gasteiger partial charge in [0.15, 0.2) is 0 Å². The number of likely N-dealkylation sites (N-methyl/N-ethyl adjacent to an activating group) is 1. The second kappa shape index (κ2) is 11.0. The Kier molecular flexibility index (Phi) is 7.50. The van der Waals surface area contributed by atoms with Gasteiger partial charge in [-0.15, -0.1) is 0 Å². The number of nitrogens with zero attached hydrogens (tertiary/aromatic N) is 3. The van der Waals surface area contributed by atoms with Crippen molar-refractivity contribution in [2.24, 2.45) is 17.8 Å². The fourth-order valence-electron chi connectivity index (χ4n) is 7.54. The average molecular weight is 574 g/mol. The second-order valence-corrected chi connectivity index (χ2v) is 12.9. The molecule has 1 aromatic carbocycles. The van der Waals surface area contributed by atoms with Gasteiger partial charge in [-0.05, 0) is 60.9 Å². The van der Waals surface area contributed by atoms with E-state index in [9.17, 15) is 19.2 Å². The van der Waals surface area contributed by atoms with Crippen LogP contribution >= 0.6 is 0 Å². The Bertz CT molecular complexity index is 1460. The zero-order valence-electron chi connectivity index (χ0n) is 25.4. The number of rotatable bonds is 7. The van der Waals surface area contributed by atoms with Crippen molar-refractivity contribution in [1.29, 1.82) is 0 Å². The number of piperazine rings is 1. The summed E-state index contributed by atoms with van der Waals surface area (Å²) in [5, 5.41) is 4.29. The van der Waals surface area contributed by atoms with Crippen LogP contribution in [0.25, 0.3) is 16.5 Å². The smallest absolute Gasteiger partial charge is 0.252 e. The van der Waals surface area contributed by atoms with Gasteiger partial charge in [0.25, 0.3) is 11.8 Å². The summed E-state index contributed by atoms with van der Waals surface area (Å²) in [4.78, 5) is 64.1. The second-order valence-electron chi connectivity index (χ2n) is 12.9. The molecule has 4 heterocycles. The Balaban J connectivity index is 1.30. The number of carbonyl (C=O) groups excluding carboxylic acids is 4. The number of H-pyrrole nitrogens is 1. The van der Waals surface area contributed by atoms with Gasteiger partial charge in [-0.3, -0.25) is 29.0 Å². The fourth-order valence-corrected chi connectivity index (χ4v) is 7.54. The highest BCUT2D eigenvalue weighted by atomic mass is 16.2. The van der Waals surface area contributed by atoms with Crippen molar-refractivity contribution in [3.05, 3.63) is 41.6 Å². The molecule has 2 fully saturated rings. The maximum atomic E-state index is 14.3. The lowest BCUT2D eigenvalue weighted by molar-refractivity contribution is -0.169. The summed E-state index contributed by atoms with van der Waals surface area (Å²) in [6, 6.07) is 4.09. The number of hydrogen-bond acceptors (Lipinski definition) is 5. The summed E-state index contributed by atoms with van der Waals surface area (Å²) < 4.78 is 0. The van der Waals surface area contributed by atoms with Crippen molar-refractivity contribution in [2.45, 2.75) is 84.0 Å². The lowest BCUT2D eigenvalue weighted by Gasteiger charge is -2.45. The Labute approximate surface area is 247 Å². The SMILES string of the molecule is CC[C@@H](C)[C@@H](NC(=O)[C@@H]1C=C2c3cccc4[nH]cc(c34)CC2N(C)C1)C(=O)N1C(=O)[C@H]2CCCN2C(=O)[C@@H]1[C@@H](C)CC. The van der Waals surface area contributed by atoms with Gasteiger partial charge >= 0.3 is 0 Å². The monoisotopic (exact) mass is 573 g/mol. The molecule has 42 heavy (non-hydrogen) atoms. The third-order valence-electron chi connectivity index (χ3n) is 10.4. The van der Waals surface area contributed by atoms with Crippen molar-refractivity contribution in [3.63, 3.8) is 0 Å². The molecule has 1 aromatic heterocycles. The lowest BCUT2D eigenvalue weighted by Crippen LogP contribution is -2.69. The van der Waals surface area contributed by atoms with Gasteiger partial charge in [0.2, 0.25) is 11.8 Å². The summed E-state index contributed by atoms with van der Waals surface area (Å²) in [6.07, 6.45) is 7.67. The molecule has 9 nitrogen and oxygen atoms in total. The van der Waals surface area contributed by atoms with E-state index in [2.05, 4.69) is 46.7 Å². The third-order valence-corrected chi connectivity index (χ3v) is 10.4. The standard InChI is InChI=1S/C33H43N5O4/c1-6-18(3)28(32(41)38-29(19(4)7-2)33(42)37-13-9-12-25(37)31(38)40)35-30(39)21-14-23-22-10-8-11-24-27(22)20(16-34-24)15-26(23)36(5)17-21/h8,10-11,14,16,18-19,21,25-26,28-29,34H,6-7,9,12-13,15,17H2,1-5H3,(H,35,39)/t18-,19+,21-,25-,26?,28-,29+/m1/s1. The van der Waals surface area contributed by atoms with Crippen molar-refractivity contribution in [3.8, 4) is 0 Å². The van der Waals surface area contributed by atoms with Crippen LogP contribution < -0.4 is 5.32 Å². The quantitative estimate of drug-likeness (QED) is 0.529. The molecule has 6 rings (SSSR count). The van der Waals surface area contributed by atoms with E-state index in [4.69, 9.17) is 0 Å². The Morgan fingerprint density at radius 1 is 1.10 bits per heavy atom. The first-order valence-corrected chi connectivity index (χ1v) is 15.6. The molecule has 2 N–H and O–H groups in total. The van der Waals surface area contributed by atoms with Crippen LogP contribution in [0.15, 0.2) is 30.5 Å². The predicted octanol–water partition coefficient (Wildman–Crippen LogP) is 3.34. The number of aromatic amines is 1. The van der Waals surface area contributed by atoms with Crippen LogP contribution in [0.4, 0.5) is 0 Å². The van der Waals surface area contributed by atoms with Gasteiger partial charge in [0.1, 0.15) is 18.1 Å². The molecule has 0 saturated carbocycles. The largest absolute Gasteiger partial charge is 0.361 e. The normalized spacial score (nSPS) is 27.8. The summed E-state index contributed by atoms with van der Waals surface area (Å²) in [5.41, 5.74) is 4.67.